The molecule has 1 unspecified atom stereocenters. The Balaban J connectivity index is 1.67. The first-order valence-corrected chi connectivity index (χ1v) is 12.3. The summed E-state index contributed by atoms with van der Waals surface area (Å²) in [5, 5.41) is 3.32. The van der Waals surface area contributed by atoms with Crippen molar-refractivity contribution in [1.29, 1.82) is 0 Å². The summed E-state index contributed by atoms with van der Waals surface area (Å²) in [4.78, 5) is 15.4. The third kappa shape index (κ3) is 6.01. The Morgan fingerprint density at radius 1 is 1.06 bits per heavy atom. The average Bonchev–Trinajstić information content (AvgIpc) is 2.78. The third-order valence-corrected chi connectivity index (χ3v) is 7.66. The number of sulfonamides is 1. The summed E-state index contributed by atoms with van der Waals surface area (Å²) in [5.41, 5.74) is 2.89. The maximum atomic E-state index is 12.7. The molecule has 0 amide bonds. The van der Waals surface area contributed by atoms with Gasteiger partial charge in [0.25, 0.3) is 0 Å². The smallest absolute Gasteiger partial charge is 0.242 e. The van der Waals surface area contributed by atoms with Crippen LogP contribution in [0.3, 0.4) is 0 Å². The summed E-state index contributed by atoms with van der Waals surface area (Å²) in [6.07, 6.45) is 3.68. The fourth-order valence-corrected chi connectivity index (χ4v) is 4.89. The van der Waals surface area contributed by atoms with Gasteiger partial charge in [-0.1, -0.05) is 48.4 Å². The number of carbonyl (C=O) groups excluding carboxylic acids is 1. The van der Waals surface area contributed by atoms with Crippen molar-refractivity contribution in [3.8, 4) is 0 Å². The molecule has 1 aliphatic rings. The number of rotatable bonds is 9. The number of hydrogen-bond acceptors (Lipinski definition) is 5. The molecular weight excluding hydrogens is 410 g/mol. The van der Waals surface area contributed by atoms with Crippen LogP contribution in [0.15, 0.2) is 53.4 Å². The van der Waals surface area contributed by atoms with Crippen LogP contribution in [-0.2, 0) is 10.0 Å². The van der Waals surface area contributed by atoms with Crippen molar-refractivity contribution in [3.05, 3.63) is 65.2 Å². The molecule has 0 aromatic heterocycles. The Hall–Kier alpha value is -2.06. The van der Waals surface area contributed by atoms with Crippen LogP contribution in [0.2, 0.25) is 0 Å². The van der Waals surface area contributed by atoms with Crippen molar-refractivity contribution in [2.45, 2.75) is 37.1 Å². The molecule has 0 aliphatic carbocycles. The van der Waals surface area contributed by atoms with E-state index in [0.29, 0.717) is 12.1 Å². The molecule has 1 N–H and O–H groups in total. The zero-order chi connectivity index (χ0) is 22.4. The minimum atomic E-state index is -3.57. The fourth-order valence-electron chi connectivity index (χ4n) is 3.94. The maximum absolute atomic E-state index is 12.7. The number of benzene rings is 2. The molecule has 6 nitrogen and oxygen atoms in total. The van der Waals surface area contributed by atoms with E-state index in [1.807, 2.05) is 0 Å². The number of aryl methyl sites for hydroxylation is 1. The quantitative estimate of drug-likeness (QED) is 0.603. The van der Waals surface area contributed by atoms with Gasteiger partial charge in [-0.15, -0.1) is 0 Å². The van der Waals surface area contributed by atoms with Gasteiger partial charge in [-0.05, 0) is 50.6 Å². The monoisotopic (exact) mass is 443 g/mol. The van der Waals surface area contributed by atoms with Gasteiger partial charge in [-0.2, -0.15) is 0 Å². The van der Waals surface area contributed by atoms with Crippen LogP contribution >= 0.6 is 0 Å². The Kier molecular flexibility index (Phi) is 8.00. The van der Waals surface area contributed by atoms with Gasteiger partial charge in [-0.25, -0.2) is 12.7 Å². The van der Waals surface area contributed by atoms with E-state index in [2.05, 4.69) is 41.4 Å². The van der Waals surface area contributed by atoms with Crippen LogP contribution in [0.4, 0.5) is 0 Å². The molecule has 1 aliphatic heterocycles. The summed E-state index contributed by atoms with van der Waals surface area (Å²) in [5.74, 6) is -0.114. The van der Waals surface area contributed by atoms with Gasteiger partial charge in [0.2, 0.25) is 10.0 Å². The molecule has 1 saturated heterocycles. The van der Waals surface area contributed by atoms with Crippen LogP contribution in [0.5, 0.6) is 0 Å². The molecule has 0 bridgehead atoms. The maximum Gasteiger partial charge on any atom is 0.242 e. The van der Waals surface area contributed by atoms with Crippen LogP contribution in [0, 0.1) is 6.92 Å². The summed E-state index contributed by atoms with van der Waals surface area (Å²) < 4.78 is 25.9. The molecule has 31 heavy (non-hydrogen) atoms. The van der Waals surface area contributed by atoms with Crippen LogP contribution < -0.4 is 5.32 Å². The van der Waals surface area contributed by atoms with E-state index < -0.39 is 10.0 Å². The van der Waals surface area contributed by atoms with Crippen LogP contribution in [-0.4, -0.2) is 63.7 Å². The van der Waals surface area contributed by atoms with E-state index in [0.717, 1.165) is 17.4 Å². The number of likely N-dealkylation sites (tertiary alicyclic amines) is 1. The molecule has 2 aromatic rings. The molecule has 0 spiro atoms. The van der Waals surface area contributed by atoms with E-state index in [1.165, 1.54) is 56.6 Å². The van der Waals surface area contributed by atoms with Gasteiger partial charge in [0.05, 0.1) is 11.4 Å². The Morgan fingerprint density at radius 3 is 2.39 bits per heavy atom. The predicted molar refractivity (Wildman–Crippen MR) is 124 cm³/mol. The standard InChI is InChI=1S/C24H33N3O3S/c1-19-10-12-20(13-11-19)23(27-14-5-4-6-15-27)17-25-18-24(28)21-8-7-9-22(16-21)31(29,30)26(2)3/h7-13,16,23,25H,4-6,14-15,17-18H2,1-3H3. The molecule has 1 fully saturated rings. The summed E-state index contributed by atoms with van der Waals surface area (Å²) in [6.45, 7) is 5.06. The molecular formula is C24H33N3O3S. The van der Waals surface area contributed by atoms with E-state index in [1.54, 1.807) is 12.1 Å². The van der Waals surface area contributed by atoms with Gasteiger partial charge < -0.3 is 5.32 Å². The normalized spacial score (nSPS) is 16.4. The van der Waals surface area contributed by atoms with Gasteiger partial charge in [0.1, 0.15) is 0 Å². The van der Waals surface area contributed by atoms with E-state index in [4.69, 9.17) is 0 Å². The van der Waals surface area contributed by atoms with Gasteiger partial charge in [0, 0.05) is 32.2 Å². The van der Waals surface area contributed by atoms with Gasteiger partial charge >= 0.3 is 0 Å². The minimum Gasteiger partial charge on any atom is -0.308 e. The highest BCUT2D eigenvalue weighted by molar-refractivity contribution is 7.89. The Bertz CT molecular complexity index is 981. The number of carbonyl (C=O) groups is 1. The molecule has 168 valence electrons. The van der Waals surface area contributed by atoms with Gasteiger partial charge in [0.15, 0.2) is 5.78 Å². The Morgan fingerprint density at radius 2 is 1.74 bits per heavy atom. The lowest BCUT2D eigenvalue weighted by Gasteiger charge is -2.35. The zero-order valence-corrected chi connectivity index (χ0v) is 19.5. The Labute approximate surface area is 186 Å². The highest BCUT2D eigenvalue weighted by Crippen LogP contribution is 2.24. The number of piperidine rings is 1. The number of hydrogen-bond donors (Lipinski definition) is 1. The van der Waals surface area contributed by atoms with Gasteiger partial charge in [-0.3, -0.25) is 9.69 Å². The third-order valence-electron chi connectivity index (χ3n) is 5.85. The molecule has 1 atom stereocenters. The summed E-state index contributed by atoms with van der Waals surface area (Å²) in [6, 6.07) is 15.1. The van der Waals surface area contributed by atoms with E-state index in [-0.39, 0.29) is 23.3 Å². The number of Topliss-reactive ketones (excluding diaryl/α,β-unsaturated/α-hetero) is 1. The first kappa shape index (κ1) is 23.6. The fraction of sp³-hybridized carbons (Fsp3) is 0.458. The molecule has 3 rings (SSSR count). The highest BCUT2D eigenvalue weighted by Gasteiger charge is 2.23. The number of nitrogens with one attached hydrogen (secondary N) is 1. The van der Waals surface area contributed by atoms with Crippen molar-refractivity contribution in [2.75, 3.05) is 40.3 Å². The lowest BCUT2D eigenvalue weighted by atomic mass is 10.0. The van der Waals surface area contributed by atoms with Crippen molar-refractivity contribution in [3.63, 3.8) is 0 Å². The van der Waals surface area contributed by atoms with E-state index >= 15 is 0 Å². The molecule has 7 heteroatoms. The van der Waals surface area contributed by atoms with Crippen molar-refractivity contribution in [1.82, 2.24) is 14.5 Å². The van der Waals surface area contributed by atoms with Crippen molar-refractivity contribution in [2.24, 2.45) is 0 Å². The first-order chi connectivity index (χ1) is 14.8. The second kappa shape index (κ2) is 10.5. The minimum absolute atomic E-state index is 0.114. The molecule has 0 radical (unpaired) electrons. The molecule has 2 aromatic carbocycles. The van der Waals surface area contributed by atoms with Crippen LogP contribution in [0.1, 0.15) is 46.8 Å². The average molecular weight is 444 g/mol. The second-order valence-corrected chi connectivity index (χ2v) is 10.5. The number of nitrogens with zero attached hydrogens (tertiary/aromatic N) is 2. The second-order valence-electron chi connectivity index (χ2n) is 8.39. The SMILES string of the molecule is Cc1ccc(C(CNCC(=O)c2cccc(S(=O)(=O)N(C)C)c2)N2CCCCC2)cc1. The van der Waals surface area contributed by atoms with Crippen molar-refractivity contribution >= 4 is 15.8 Å². The van der Waals surface area contributed by atoms with Crippen LogP contribution in [0.25, 0.3) is 0 Å². The lowest BCUT2D eigenvalue weighted by Crippen LogP contribution is -2.40. The topological polar surface area (TPSA) is 69.7 Å². The van der Waals surface area contributed by atoms with E-state index in [9.17, 15) is 13.2 Å². The first-order valence-electron chi connectivity index (χ1n) is 10.9. The summed E-state index contributed by atoms with van der Waals surface area (Å²) >= 11 is 0. The molecule has 1 heterocycles. The largest absolute Gasteiger partial charge is 0.308 e. The highest BCUT2D eigenvalue weighted by atomic mass is 32.2. The molecule has 0 saturated carbocycles. The lowest BCUT2D eigenvalue weighted by molar-refractivity contribution is 0.0983. The predicted octanol–water partition coefficient (Wildman–Crippen LogP) is 3.24. The zero-order valence-electron chi connectivity index (χ0n) is 18.7. The summed E-state index contributed by atoms with van der Waals surface area (Å²) in [7, 11) is -0.600. The van der Waals surface area contributed by atoms with Crippen molar-refractivity contribution < 1.29 is 13.2 Å². The number of ketones is 1.